The molecule has 2 aromatic carbocycles. The van der Waals surface area contributed by atoms with Crippen LogP contribution in [0, 0.1) is 5.82 Å². The van der Waals surface area contributed by atoms with Gasteiger partial charge in [-0.1, -0.05) is 12.1 Å². The van der Waals surface area contributed by atoms with Gasteiger partial charge in [-0.15, -0.1) is 13.2 Å². The molecule has 0 spiro atoms. The van der Waals surface area contributed by atoms with Gasteiger partial charge in [-0.05, 0) is 48.7 Å². The number of nitrogens with one attached hydrogen (secondary N) is 1. The minimum atomic E-state index is -4.73. The van der Waals surface area contributed by atoms with Gasteiger partial charge in [0, 0.05) is 25.2 Å². The molecule has 0 radical (unpaired) electrons. The number of amides is 1. The molecule has 0 aliphatic carbocycles. The van der Waals surface area contributed by atoms with E-state index in [1.165, 1.54) is 30.3 Å². The summed E-state index contributed by atoms with van der Waals surface area (Å²) in [7, 11) is 0. The predicted molar refractivity (Wildman–Crippen MR) is 93.3 cm³/mol. The summed E-state index contributed by atoms with van der Waals surface area (Å²) in [5.41, 5.74) is 1.66. The molecule has 3 rings (SSSR count). The zero-order valence-electron chi connectivity index (χ0n) is 14.4. The molecule has 0 unspecified atom stereocenters. The van der Waals surface area contributed by atoms with Crippen LogP contribution in [-0.4, -0.2) is 25.4 Å². The van der Waals surface area contributed by atoms with Gasteiger partial charge < -0.3 is 15.0 Å². The molecule has 0 bridgehead atoms. The molecule has 27 heavy (non-hydrogen) atoms. The van der Waals surface area contributed by atoms with Crippen molar-refractivity contribution in [2.75, 3.05) is 23.3 Å². The van der Waals surface area contributed by atoms with E-state index >= 15 is 0 Å². The molecule has 0 saturated heterocycles. The van der Waals surface area contributed by atoms with Crippen molar-refractivity contribution in [1.29, 1.82) is 0 Å². The van der Waals surface area contributed by atoms with Crippen LogP contribution < -0.4 is 15.0 Å². The topological polar surface area (TPSA) is 41.6 Å². The number of anilines is 2. The second kappa shape index (κ2) is 7.85. The maximum atomic E-state index is 13.6. The molecule has 0 atom stereocenters. The third-order valence-corrected chi connectivity index (χ3v) is 4.26. The van der Waals surface area contributed by atoms with Gasteiger partial charge in [-0.2, -0.15) is 0 Å². The molecule has 0 aromatic heterocycles. The number of carbonyl (C=O) groups excluding carboxylic acids is 1. The van der Waals surface area contributed by atoms with Crippen LogP contribution in [0.3, 0.4) is 0 Å². The second-order valence-electron chi connectivity index (χ2n) is 6.21. The van der Waals surface area contributed by atoms with Crippen LogP contribution in [0.5, 0.6) is 5.75 Å². The normalized spacial score (nSPS) is 13.9. The van der Waals surface area contributed by atoms with E-state index in [4.69, 9.17) is 0 Å². The lowest BCUT2D eigenvalue weighted by molar-refractivity contribution is -0.274. The standard InChI is InChI=1S/C19H18F4N2O2/c20-15-5-1-2-6-16(15)24-18(26)9-11-25-10-3-4-13-12-14(7-8-17(13)25)27-19(21,22)23/h1-2,5-8,12H,3-4,9-11H2,(H,24,26). The molecule has 8 heteroatoms. The average molecular weight is 382 g/mol. The van der Waals surface area contributed by atoms with Crippen molar-refractivity contribution < 1.29 is 27.1 Å². The minimum Gasteiger partial charge on any atom is -0.406 e. The van der Waals surface area contributed by atoms with E-state index in [9.17, 15) is 22.4 Å². The van der Waals surface area contributed by atoms with E-state index in [-0.39, 0.29) is 23.8 Å². The highest BCUT2D eigenvalue weighted by atomic mass is 19.4. The fraction of sp³-hybridized carbons (Fsp3) is 0.316. The zero-order chi connectivity index (χ0) is 19.4. The first kappa shape index (κ1) is 19.0. The Morgan fingerprint density at radius 2 is 1.96 bits per heavy atom. The van der Waals surface area contributed by atoms with Crippen molar-refractivity contribution in [3.63, 3.8) is 0 Å². The molecule has 144 valence electrons. The van der Waals surface area contributed by atoms with Gasteiger partial charge in [0.1, 0.15) is 11.6 Å². The largest absolute Gasteiger partial charge is 0.573 e. The number of benzene rings is 2. The number of hydrogen-bond donors (Lipinski definition) is 1. The number of para-hydroxylation sites is 1. The van der Waals surface area contributed by atoms with E-state index in [0.29, 0.717) is 19.5 Å². The second-order valence-corrected chi connectivity index (χ2v) is 6.21. The number of nitrogens with zero attached hydrogens (tertiary/aromatic N) is 1. The number of rotatable bonds is 5. The van der Waals surface area contributed by atoms with Gasteiger partial charge in [0.25, 0.3) is 0 Å². The van der Waals surface area contributed by atoms with E-state index in [1.54, 1.807) is 12.1 Å². The lowest BCUT2D eigenvalue weighted by Crippen LogP contribution is -2.32. The fourth-order valence-corrected chi connectivity index (χ4v) is 3.09. The summed E-state index contributed by atoms with van der Waals surface area (Å²) in [5.74, 6) is -1.09. The molecular formula is C19H18F4N2O2. The molecular weight excluding hydrogens is 364 g/mol. The van der Waals surface area contributed by atoms with Gasteiger partial charge in [-0.25, -0.2) is 4.39 Å². The van der Waals surface area contributed by atoms with Crippen LogP contribution in [-0.2, 0) is 11.2 Å². The maximum absolute atomic E-state index is 13.6. The number of hydrogen-bond acceptors (Lipinski definition) is 3. The van der Waals surface area contributed by atoms with Crippen molar-refractivity contribution in [3.05, 3.63) is 53.8 Å². The Balaban J connectivity index is 1.62. The molecule has 1 amide bonds. The molecule has 4 nitrogen and oxygen atoms in total. The summed E-state index contributed by atoms with van der Waals surface area (Å²) in [6.07, 6.45) is -3.19. The first-order valence-electron chi connectivity index (χ1n) is 8.50. The third-order valence-electron chi connectivity index (χ3n) is 4.26. The number of alkyl halides is 3. The first-order chi connectivity index (χ1) is 12.8. The van der Waals surface area contributed by atoms with Crippen LogP contribution in [0.4, 0.5) is 28.9 Å². The van der Waals surface area contributed by atoms with Crippen molar-refractivity contribution >= 4 is 17.3 Å². The Kier molecular flexibility index (Phi) is 5.53. The minimum absolute atomic E-state index is 0.121. The SMILES string of the molecule is O=C(CCN1CCCc2cc(OC(F)(F)F)ccc21)Nc1ccccc1F. The summed E-state index contributed by atoms with van der Waals surface area (Å²) < 4.78 is 54.6. The quantitative estimate of drug-likeness (QED) is 0.774. The van der Waals surface area contributed by atoms with Crippen molar-refractivity contribution in [2.45, 2.75) is 25.6 Å². The van der Waals surface area contributed by atoms with Crippen molar-refractivity contribution in [3.8, 4) is 5.75 Å². The molecule has 1 N–H and O–H groups in total. The van der Waals surface area contributed by atoms with Crippen molar-refractivity contribution in [2.24, 2.45) is 0 Å². The Labute approximate surface area is 153 Å². The summed E-state index contributed by atoms with van der Waals surface area (Å²) in [5, 5.41) is 2.52. The number of fused-ring (bicyclic) bond motifs is 1. The molecule has 2 aromatic rings. The lowest BCUT2D eigenvalue weighted by Gasteiger charge is -2.31. The summed E-state index contributed by atoms with van der Waals surface area (Å²) in [4.78, 5) is 14.0. The number of ether oxygens (including phenoxy) is 1. The molecule has 0 fully saturated rings. The van der Waals surface area contributed by atoms with E-state index in [2.05, 4.69) is 10.1 Å². The van der Waals surface area contributed by atoms with Gasteiger partial charge in [0.05, 0.1) is 5.69 Å². The third kappa shape index (κ3) is 5.12. The summed E-state index contributed by atoms with van der Waals surface area (Å²) in [6, 6.07) is 10.1. The van der Waals surface area contributed by atoms with Crippen LogP contribution >= 0.6 is 0 Å². The first-order valence-corrected chi connectivity index (χ1v) is 8.50. The molecule has 0 saturated carbocycles. The zero-order valence-corrected chi connectivity index (χ0v) is 14.4. The van der Waals surface area contributed by atoms with Crippen LogP contribution in [0.2, 0.25) is 0 Å². The number of halogens is 4. The molecule has 1 aliphatic heterocycles. The molecule has 1 aliphatic rings. The Hall–Kier alpha value is -2.77. The highest BCUT2D eigenvalue weighted by Crippen LogP contribution is 2.32. The lowest BCUT2D eigenvalue weighted by atomic mass is 10.0. The van der Waals surface area contributed by atoms with E-state index < -0.39 is 12.2 Å². The highest BCUT2D eigenvalue weighted by molar-refractivity contribution is 5.91. The van der Waals surface area contributed by atoms with E-state index in [1.807, 2.05) is 4.90 Å². The highest BCUT2D eigenvalue weighted by Gasteiger charge is 2.31. The van der Waals surface area contributed by atoms with Gasteiger partial charge in [0.15, 0.2) is 0 Å². The Morgan fingerprint density at radius 1 is 1.19 bits per heavy atom. The van der Waals surface area contributed by atoms with Crippen LogP contribution in [0.25, 0.3) is 0 Å². The monoisotopic (exact) mass is 382 g/mol. The smallest absolute Gasteiger partial charge is 0.406 e. The maximum Gasteiger partial charge on any atom is 0.573 e. The van der Waals surface area contributed by atoms with Crippen molar-refractivity contribution in [1.82, 2.24) is 0 Å². The van der Waals surface area contributed by atoms with Crippen LogP contribution in [0.15, 0.2) is 42.5 Å². The predicted octanol–water partition coefficient (Wildman–Crippen LogP) is 4.51. The average Bonchev–Trinajstić information content (AvgIpc) is 2.60. The Morgan fingerprint density at radius 3 is 2.70 bits per heavy atom. The molecule has 1 heterocycles. The summed E-state index contributed by atoms with van der Waals surface area (Å²) in [6.45, 7) is 1.08. The van der Waals surface area contributed by atoms with Crippen LogP contribution in [0.1, 0.15) is 18.4 Å². The fourth-order valence-electron chi connectivity index (χ4n) is 3.09. The number of carbonyl (C=O) groups is 1. The van der Waals surface area contributed by atoms with Gasteiger partial charge in [-0.3, -0.25) is 4.79 Å². The van der Waals surface area contributed by atoms with Gasteiger partial charge >= 0.3 is 6.36 Å². The number of aryl methyl sites for hydroxylation is 1. The van der Waals surface area contributed by atoms with E-state index in [0.717, 1.165) is 17.7 Å². The Bertz CT molecular complexity index is 824. The van der Waals surface area contributed by atoms with Gasteiger partial charge in [0.2, 0.25) is 5.91 Å². The summed E-state index contributed by atoms with van der Waals surface area (Å²) >= 11 is 0.